The fourth-order valence-electron chi connectivity index (χ4n) is 2.18. The Balaban J connectivity index is 2.80. The van der Waals surface area contributed by atoms with Crippen LogP contribution in [0.3, 0.4) is 0 Å². The molecule has 0 radical (unpaired) electrons. The summed E-state index contributed by atoms with van der Waals surface area (Å²) in [5, 5.41) is 2.82. The maximum Gasteiger partial charge on any atom is 0.243 e. The van der Waals surface area contributed by atoms with Crippen LogP contribution in [0.2, 0.25) is 0 Å². The van der Waals surface area contributed by atoms with Crippen LogP contribution in [0.25, 0.3) is 0 Å². The molecule has 0 aliphatic rings. The number of carbonyl (C=O) groups is 1. The molecule has 0 aliphatic carbocycles. The van der Waals surface area contributed by atoms with E-state index in [0.717, 1.165) is 17.6 Å². The smallest absolute Gasteiger partial charge is 0.243 e. The van der Waals surface area contributed by atoms with Crippen molar-refractivity contribution in [1.82, 2.24) is 5.32 Å². The topological polar surface area (TPSA) is 66.5 Å². The van der Waals surface area contributed by atoms with Gasteiger partial charge in [0.2, 0.25) is 15.9 Å². The second-order valence-electron chi connectivity index (χ2n) is 6.82. The Morgan fingerprint density at radius 2 is 1.79 bits per heavy atom. The maximum absolute atomic E-state index is 12.4. The molecule has 0 saturated heterocycles. The van der Waals surface area contributed by atoms with Crippen molar-refractivity contribution in [3.8, 4) is 0 Å². The quantitative estimate of drug-likeness (QED) is 0.748. The number of benzene rings is 1. The molecule has 0 saturated carbocycles. The third-order valence-corrected chi connectivity index (χ3v) is 5.83. The van der Waals surface area contributed by atoms with Gasteiger partial charge in [0.05, 0.1) is 11.9 Å². The summed E-state index contributed by atoms with van der Waals surface area (Å²) in [5.41, 5.74) is 1.53. The van der Waals surface area contributed by atoms with Crippen molar-refractivity contribution in [1.29, 1.82) is 0 Å². The molecule has 0 aromatic heterocycles. The molecular weight excluding hydrogens is 344 g/mol. The van der Waals surface area contributed by atoms with Gasteiger partial charge in [-0.15, -0.1) is 0 Å². The van der Waals surface area contributed by atoms with Crippen LogP contribution in [-0.2, 0) is 14.8 Å². The number of anilines is 1. The van der Waals surface area contributed by atoms with E-state index in [1.165, 1.54) is 4.31 Å². The Kier molecular flexibility index (Phi) is 7.16. The summed E-state index contributed by atoms with van der Waals surface area (Å²) >= 11 is 1.75. The molecule has 7 heteroatoms. The van der Waals surface area contributed by atoms with Gasteiger partial charge < -0.3 is 5.32 Å². The molecular formula is C17H28N2O3S2. The van der Waals surface area contributed by atoms with Gasteiger partial charge in [0.1, 0.15) is 6.04 Å². The normalized spacial score (nSPS) is 13.4. The number of thioether (sulfide) groups is 1. The lowest BCUT2D eigenvalue weighted by atomic mass is 10.2. The Hall–Kier alpha value is -1.21. The Bertz CT molecular complexity index is 649. The summed E-state index contributed by atoms with van der Waals surface area (Å²) in [4.78, 5) is 12.4. The van der Waals surface area contributed by atoms with Gasteiger partial charge >= 0.3 is 0 Å². The molecule has 1 rings (SSSR count). The number of rotatable bonds is 7. The second kappa shape index (κ2) is 8.25. The molecule has 5 nitrogen and oxygen atoms in total. The SMILES string of the molecule is Cc1ccc(N(C(C)C(=O)NCCSC(C)(C)C)S(C)(=O)=O)cc1. The van der Waals surface area contributed by atoms with Gasteiger partial charge in [0.25, 0.3) is 0 Å². The van der Waals surface area contributed by atoms with E-state index in [-0.39, 0.29) is 10.7 Å². The highest BCUT2D eigenvalue weighted by molar-refractivity contribution is 8.00. The lowest BCUT2D eigenvalue weighted by Crippen LogP contribution is -2.48. The molecule has 1 unspecified atom stereocenters. The third kappa shape index (κ3) is 6.73. The molecule has 0 bridgehead atoms. The third-order valence-electron chi connectivity index (χ3n) is 3.31. The first kappa shape index (κ1) is 20.8. The van der Waals surface area contributed by atoms with Gasteiger partial charge in [0.15, 0.2) is 0 Å². The minimum atomic E-state index is -3.56. The van der Waals surface area contributed by atoms with E-state index in [2.05, 4.69) is 26.1 Å². The summed E-state index contributed by atoms with van der Waals surface area (Å²) in [5.74, 6) is 0.487. The summed E-state index contributed by atoms with van der Waals surface area (Å²) in [6.45, 7) is 10.4. The molecule has 1 aromatic carbocycles. The van der Waals surface area contributed by atoms with Crippen molar-refractivity contribution in [3.63, 3.8) is 0 Å². The number of nitrogens with zero attached hydrogens (tertiary/aromatic N) is 1. The van der Waals surface area contributed by atoms with Gasteiger partial charge in [-0.1, -0.05) is 38.5 Å². The van der Waals surface area contributed by atoms with Gasteiger partial charge in [-0.25, -0.2) is 8.42 Å². The van der Waals surface area contributed by atoms with Crippen LogP contribution >= 0.6 is 11.8 Å². The van der Waals surface area contributed by atoms with E-state index < -0.39 is 16.1 Å². The van der Waals surface area contributed by atoms with Crippen LogP contribution < -0.4 is 9.62 Å². The number of amides is 1. The number of nitrogens with one attached hydrogen (secondary N) is 1. The number of hydrogen-bond donors (Lipinski definition) is 1. The molecule has 0 fully saturated rings. The second-order valence-corrected chi connectivity index (χ2v) is 10.6. The molecule has 136 valence electrons. The zero-order chi connectivity index (χ0) is 18.5. The highest BCUT2D eigenvalue weighted by Gasteiger charge is 2.28. The van der Waals surface area contributed by atoms with E-state index >= 15 is 0 Å². The molecule has 1 aromatic rings. The Morgan fingerprint density at radius 1 is 1.25 bits per heavy atom. The molecule has 0 aliphatic heterocycles. The van der Waals surface area contributed by atoms with E-state index in [1.54, 1.807) is 30.8 Å². The molecule has 1 amide bonds. The largest absolute Gasteiger partial charge is 0.353 e. The van der Waals surface area contributed by atoms with Crippen LogP contribution in [0.15, 0.2) is 24.3 Å². The van der Waals surface area contributed by atoms with Crippen LogP contribution in [0, 0.1) is 6.92 Å². The standard InChI is InChI=1S/C17H28N2O3S2/c1-13-7-9-15(10-8-13)19(24(6,21)22)14(2)16(20)18-11-12-23-17(3,4)5/h7-10,14H,11-12H2,1-6H3,(H,18,20). The highest BCUT2D eigenvalue weighted by atomic mass is 32.2. The van der Waals surface area contributed by atoms with Crippen molar-refractivity contribution in [2.24, 2.45) is 0 Å². The average Bonchev–Trinajstić information content (AvgIpc) is 2.43. The predicted molar refractivity (Wildman–Crippen MR) is 103 cm³/mol. The fourth-order valence-corrected chi connectivity index (χ4v) is 4.17. The van der Waals surface area contributed by atoms with Crippen molar-refractivity contribution in [3.05, 3.63) is 29.8 Å². The van der Waals surface area contributed by atoms with E-state index in [4.69, 9.17) is 0 Å². The molecule has 24 heavy (non-hydrogen) atoms. The average molecular weight is 373 g/mol. The van der Waals surface area contributed by atoms with Gasteiger partial charge in [0, 0.05) is 17.0 Å². The van der Waals surface area contributed by atoms with Gasteiger partial charge in [-0.2, -0.15) is 11.8 Å². The van der Waals surface area contributed by atoms with Crippen LogP contribution in [0.1, 0.15) is 33.3 Å². The van der Waals surface area contributed by atoms with Crippen LogP contribution in [0.5, 0.6) is 0 Å². The van der Waals surface area contributed by atoms with Crippen molar-refractivity contribution < 1.29 is 13.2 Å². The van der Waals surface area contributed by atoms with Crippen LogP contribution in [-0.4, -0.2) is 43.7 Å². The first-order valence-corrected chi connectivity index (χ1v) is 10.7. The zero-order valence-corrected chi connectivity index (χ0v) is 16.9. The van der Waals surface area contributed by atoms with Crippen LogP contribution in [0.4, 0.5) is 5.69 Å². The number of carbonyl (C=O) groups excluding carboxylic acids is 1. The minimum Gasteiger partial charge on any atom is -0.353 e. The summed E-state index contributed by atoms with van der Waals surface area (Å²) in [7, 11) is -3.56. The molecule has 1 N–H and O–H groups in total. The summed E-state index contributed by atoms with van der Waals surface area (Å²) < 4.78 is 25.6. The first-order chi connectivity index (χ1) is 10.9. The van der Waals surface area contributed by atoms with Gasteiger partial charge in [-0.3, -0.25) is 9.10 Å². The van der Waals surface area contributed by atoms with E-state index in [9.17, 15) is 13.2 Å². The maximum atomic E-state index is 12.4. The lowest BCUT2D eigenvalue weighted by molar-refractivity contribution is -0.121. The van der Waals surface area contributed by atoms with E-state index in [0.29, 0.717) is 12.2 Å². The Morgan fingerprint density at radius 3 is 2.25 bits per heavy atom. The van der Waals surface area contributed by atoms with Crippen molar-refractivity contribution in [2.45, 2.75) is 45.4 Å². The fraction of sp³-hybridized carbons (Fsp3) is 0.588. The number of sulfonamides is 1. The van der Waals surface area contributed by atoms with Crippen molar-refractivity contribution >= 4 is 33.4 Å². The highest BCUT2D eigenvalue weighted by Crippen LogP contribution is 2.23. The molecule has 0 heterocycles. The minimum absolute atomic E-state index is 0.136. The summed E-state index contributed by atoms with van der Waals surface area (Å²) in [6.07, 6.45) is 1.12. The number of hydrogen-bond acceptors (Lipinski definition) is 4. The van der Waals surface area contributed by atoms with Crippen molar-refractivity contribution in [2.75, 3.05) is 22.9 Å². The van der Waals surface area contributed by atoms with E-state index in [1.807, 2.05) is 19.1 Å². The predicted octanol–water partition coefficient (Wildman–Crippen LogP) is 2.80. The Labute approximate surface area is 150 Å². The zero-order valence-electron chi connectivity index (χ0n) is 15.3. The summed E-state index contributed by atoms with van der Waals surface area (Å²) in [6, 6.07) is 6.30. The van der Waals surface area contributed by atoms with Gasteiger partial charge in [-0.05, 0) is 26.0 Å². The number of aryl methyl sites for hydroxylation is 1. The molecule has 1 atom stereocenters. The first-order valence-electron chi connectivity index (χ1n) is 7.89. The lowest BCUT2D eigenvalue weighted by Gasteiger charge is -2.28. The molecule has 0 spiro atoms. The monoisotopic (exact) mass is 372 g/mol.